The molecule has 0 aromatic heterocycles. The Morgan fingerprint density at radius 3 is 1.86 bits per heavy atom. The number of hydrogen-bond acceptors (Lipinski definition) is 0. The first kappa shape index (κ1) is 11.5. The van der Waals surface area contributed by atoms with E-state index in [0.29, 0.717) is 0 Å². The molecule has 0 N–H and O–H groups in total. The third-order valence-electron chi connectivity index (χ3n) is 1.76. The fourth-order valence-electron chi connectivity index (χ4n) is 1.14. The van der Waals surface area contributed by atoms with Crippen molar-refractivity contribution >= 4 is 18.6 Å². The van der Waals surface area contributed by atoms with Crippen molar-refractivity contribution < 1.29 is 22.0 Å². The summed E-state index contributed by atoms with van der Waals surface area (Å²) in [6.07, 6.45) is 0. The van der Waals surface area contributed by atoms with E-state index in [1.54, 1.807) is 0 Å². The van der Waals surface area contributed by atoms with Crippen LogP contribution >= 0.6 is 0 Å². The van der Waals surface area contributed by atoms with E-state index in [1.165, 1.54) is 18.2 Å². The maximum absolute atomic E-state index is 12.2. The second-order valence-electron chi connectivity index (χ2n) is 2.76. The van der Waals surface area contributed by atoms with Crippen LogP contribution in [0.3, 0.4) is 0 Å². The van der Waals surface area contributed by atoms with Crippen molar-refractivity contribution in [2.45, 2.75) is 10.3 Å². The molecule has 1 aromatic carbocycles. The van der Waals surface area contributed by atoms with Crippen LogP contribution in [0.1, 0.15) is 0 Å². The van der Waals surface area contributed by atoms with Crippen molar-refractivity contribution in [2.75, 3.05) is 0 Å². The average Bonchev–Trinajstić information content (AvgIpc) is 2.02. The van der Waals surface area contributed by atoms with E-state index in [4.69, 9.17) is 0 Å². The fourth-order valence-corrected chi connectivity index (χ4v) is 2.73. The van der Waals surface area contributed by atoms with Gasteiger partial charge in [0.25, 0.3) is 0 Å². The van der Waals surface area contributed by atoms with Gasteiger partial charge in [0, 0.05) is 0 Å². The molecule has 0 nitrogen and oxygen atoms in total. The lowest BCUT2D eigenvalue weighted by Crippen LogP contribution is -2.50. The fraction of sp³-hybridized carbons (Fsp3) is 0.250. The van der Waals surface area contributed by atoms with Crippen LogP contribution in [0, 0.1) is 0 Å². The van der Waals surface area contributed by atoms with Crippen molar-refractivity contribution in [3.05, 3.63) is 30.3 Å². The molecule has 0 atom stereocenters. The first-order valence-corrected chi connectivity index (χ1v) is 5.65. The van der Waals surface area contributed by atoms with E-state index < -0.39 is 24.5 Å². The second-order valence-corrected chi connectivity index (χ2v) is 5.55. The molecule has 0 heterocycles. The minimum Gasteiger partial charge on any atom is -0.229 e. The number of halogens is 5. The van der Waals surface area contributed by atoms with Gasteiger partial charge in [0.1, 0.15) is 0 Å². The highest BCUT2D eigenvalue weighted by Crippen LogP contribution is 2.23. The van der Waals surface area contributed by atoms with Crippen molar-refractivity contribution in [1.29, 1.82) is 0 Å². The molecule has 1 aromatic rings. The highest BCUT2D eigenvalue weighted by atomic mass is 27.2. The summed E-state index contributed by atoms with van der Waals surface area (Å²) in [6.45, 7) is 0. The molecule has 14 heavy (non-hydrogen) atoms. The summed E-state index contributed by atoms with van der Waals surface area (Å²) in [5.74, 6) is 0. The van der Waals surface area contributed by atoms with Crippen molar-refractivity contribution in [2.24, 2.45) is 0 Å². The third kappa shape index (κ3) is 2.69. The third-order valence-corrected chi connectivity index (χ3v) is 4.08. The van der Waals surface area contributed by atoms with Crippen molar-refractivity contribution in [3.63, 3.8) is 0 Å². The summed E-state index contributed by atoms with van der Waals surface area (Å²) in [7, 11) is 0. The maximum Gasteiger partial charge on any atom is 0.561 e. The number of hydrogen-bond donors (Lipinski definition) is 0. The van der Waals surface area contributed by atoms with E-state index in [1.807, 2.05) is 0 Å². The van der Waals surface area contributed by atoms with Crippen LogP contribution < -0.4 is 4.43 Å². The molecule has 76 valence electrons. The van der Waals surface area contributed by atoms with E-state index in [-0.39, 0.29) is 4.43 Å². The lowest BCUT2D eigenvalue weighted by molar-refractivity contribution is -0.0564. The predicted molar refractivity (Wildman–Crippen MR) is 43.9 cm³/mol. The first-order chi connectivity index (χ1) is 6.43. The molecular formula is C8H6AlF5. The van der Waals surface area contributed by atoms with E-state index in [2.05, 4.69) is 0 Å². The monoisotopic (exact) mass is 224 g/mol. The van der Waals surface area contributed by atoms with Gasteiger partial charge in [-0.1, -0.05) is 34.8 Å². The first-order valence-electron chi connectivity index (χ1n) is 3.82. The van der Waals surface area contributed by atoms with Crippen LogP contribution in [0.25, 0.3) is 0 Å². The molecule has 1 rings (SSSR count). The summed E-state index contributed by atoms with van der Waals surface area (Å²) in [5, 5.41) is -8.06. The van der Waals surface area contributed by atoms with Crippen LogP contribution in [0.4, 0.5) is 22.0 Å². The summed E-state index contributed by atoms with van der Waals surface area (Å²) >= 11 is -4.19. The second kappa shape index (κ2) is 4.28. The molecular weight excluding hydrogens is 218 g/mol. The SMILES string of the molecule is F[CH](F)[Al]([c]1ccccc1)[C](F)(F)F. The largest absolute Gasteiger partial charge is 0.561 e. The van der Waals surface area contributed by atoms with E-state index in [0.717, 1.165) is 12.1 Å². The van der Waals surface area contributed by atoms with Crippen LogP contribution in [0.2, 0.25) is 0 Å². The highest BCUT2D eigenvalue weighted by Gasteiger charge is 2.55. The molecule has 6 heteroatoms. The molecule has 0 aliphatic rings. The van der Waals surface area contributed by atoms with Gasteiger partial charge in [-0.2, -0.15) is 13.2 Å². The molecule has 0 aliphatic heterocycles. The minimum atomic E-state index is -4.77. The predicted octanol–water partition coefficient (Wildman–Crippen LogP) is 2.29. The Morgan fingerprint density at radius 2 is 1.50 bits per heavy atom. The lowest BCUT2D eigenvalue weighted by atomic mass is 10.4. The van der Waals surface area contributed by atoms with E-state index >= 15 is 0 Å². The molecule has 0 aliphatic carbocycles. The Hall–Kier alpha value is -0.598. The van der Waals surface area contributed by atoms with Gasteiger partial charge in [-0.3, -0.25) is 0 Å². The molecule has 0 fully saturated rings. The van der Waals surface area contributed by atoms with Crippen molar-refractivity contribution in [3.8, 4) is 0 Å². The van der Waals surface area contributed by atoms with Crippen LogP contribution in [0.15, 0.2) is 30.3 Å². The van der Waals surface area contributed by atoms with Crippen LogP contribution in [-0.4, -0.2) is 24.5 Å². The Kier molecular flexibility index (Phi) is 3.51. The van der Waals surface area contributed by atoms with Gasteiger partial charge >= 0.3 is 19.2 Å². The Labute approximate surface area is 81.7 Å². The van der Waals surface area contributed by atoms with Gasteiger partial charge < -0.3 is 0 Å². The number of benzene rings is 1. The van der Waals surface area contributed by atoms with E-state index in [9.17, 15) is 22.0 Å². The quantitative estimate of drug-likeness (QED) is 0.534. The summed E-state index contributed by atoms with van der Waals surface area (Å²) in [4.78, 5) is 0. The van der Waals surface area contributed by atoms with Gasteiger partial charge in [-0.05, 0) is 0 Å². The molecule has 0 unspecified atom stereocenters. The van der Waals surface area contributed by atoms with Crippen molar-refractivity contribution in [1.82, 2.24) is 0 Å². The highest BCUT2D eigenvalue weighted by molar-refractivity contribution is 6.75. The van der Waals surface area contributed by atoms with Gasteiger partial charge in [-0.25, -0.2) is 8.78 Å². The zero-order valence-corrected chi connectivity index (χ0v) is 8.09. The normalized spacial score (nSPS) is 11.9. The topological polar surface area (TPSA) is 0 Å². The smallest absolute Gasteiger partial charge is 0.229 e. The van der Waals surface area contributed by atoms with Gasteiger partial charge in [0.15, 0.2) is 5.29 Å². The number of rotatable bonds is 2. The van der Waals surface area contributed by atoms with Gasteiger partial charge in [0.05, 0.1) is 0 Å². The van der Waals surface area contributed by atoms with Crippen LogP contribution in [-0.2, 0) is 0 Å². The Balaban J connectivity index is 3.02. The molecule has 0 saturated heterocycles. The van der Waals surface area contributed by atoms with Gasteiger partial charge in [0.2, 0.25) is 0 Å². The Bertz CT molecular complexity index is 282. The average molecular weight is 224 g/mol. The minimum absolute atomic E-state index is 0.269. The summed E-state index contributed by atoms with van der Waals surface area (Å²) in [5.41, 5.74) is 0. The van der Waals surface area contributed by atoms with Gasteiger partial charge in [-0.15, -0.1) is 0 Å². The Morgan fingerprint density at radius 1 is 1.00 bits per heavy atom. The zero-order chi connectivity index (χ0) is 10.8. The molecule has 0 radical (unpaired) electrons. The number of alkyl halides is 5. The molecule has 0 bridgehead atoms. The lowest BCUT2D eigenvalue weighted by Gasteiger charge is -2.14. The maximum atomic E-state index is 12.2. The molecule has 0 amide bonds. The zero-order valence-electron chi connectivity index (χ0n) is 6.93. The standard InChI is InChI=1S/C6H5.CF3.CHF2.Al/c1-2-4-6-5-3-1;2-1(3)4;2-1-3;/h1-5H;;1H;. The molecule has 0 saturated carbocycles. The summed E-state index contributed by atoms with van der Waals surface area (Å²) < 4.78 is 60.9. The van der Waals surface area contributed by atoms with Crippen LogP contribution in [0.5, 0.6) is 0 Å². The molecule has 0 spiro atoms. The summed E-state index contributed by atoms with van der Waals surface area (Å²) in [6, 6.07) is 6.39.